The molecular weight excluding hydrogens is 230 g/mol. The molecule has 0 aromatic carbocycles. The number of hydrogen-bond donors (Lipinski definition) is 0. The van der Waals surface area contributed by atoms with Crippen molar-refractivity contribution in [3.05, 3.63) is 0 Å². The Morgan fingerprint density at radius 3 is 1.37 bits per heavy atom. The molecule has 19 heavy (non-hydrogen) atoms. The molecule has 0 aliphatic heterocycles. The van der Waals surface area contributed by atoms with E-state index in [1.54, 1.807) is 0 Å². The molecule has 0 heterocycles. The van der Waals surface area contributed by atoms with Crippen molar-refractivity contribution in [2.45, 2.75) is 110 Å². The van der Waals surface area contributed by atoms with E-state index in [2.05, 4.69) is 20.8 Å². The highest BCUT2D eigenvalue weighted by atomic mass is 14.6. The van der Waals surface area contributed by atoms with Crippen molar-refractivity contribution < 1.29 is 0 Å². The number of rotatable bonds is 14. The van der Waals surface area contributed by atoms with Crippen LogP contribution in [0.1, 0.15) is 104 Å². The van der Waals surface area contributed by atoms with Gasteiger partial charge in [-0.1, -0.05) is 97.8 Å². The van der Waals surface area contributed by atoms with Crippen LogP contribution in [0, 0.1) is 5.92 Å². The minimum Gasteiger partial charge on any atom is -0.254 e. The predicted molar refractivity (Wildman–Crippen MR) is 87.4 cm³/mol. The number of unbranched alkanes of at least 4 members (excludes halogenated alkanes) is 11. The molecule has 0 fully saturated rings. The van der Waals surface area contributed by atoms with Gasteiger partial charge in [0.15, 0.2) is 0 Å². The summed E-state index contributed by atoms with van der Waals surface area (Å²) in [5.74, 6) is 0.535. The highest BCUT2D eigenvalue weighted by Crippen LogP contribution is 2.14. The summed E-state index contributed by atoms with van der Waals surface area (Å²) < 4.78 is 0. The van der Waals surface area contributed by atoms with Gasteiger partial charge in [0, 0.05) is 6.04 Å². The molecule has 0 spiro atoms. The maximum Gasteiger partial charge on any atom is 0.0236 e. The van der Waals surface area contributed by atoms with E-state index in [1.807, 2.05) is 0 Å². The van der Waals surface area contributed by atoms with Crippen molar-refractivity contribution in [1.29, 1.82) is 0 Å². The van der Waals surface area contributed by atoms with Crippen LogP contribution in [0.15, 0.2) is 0 Å². The molecule has 0 amide bonds. The zero-order valence-corrected chi connectivity index (χ0v) is 13.8. The molecule has 1 nitrogen and oxygen atoms in total. The van der Waals surface area contributed by atoms with E-state index in [4.69, 9.17) is 5.73 Å². The van der Waals surface area contributed by atoms with Gasteiger partial charge in [0.25, 0.3) is 0 Å². The fourth-order valence-electron chi connectivity index (χ4n) is 2.54. The lowest BCUT2D eigenvalue weighted by atomic mass is 9.98. The molecule has 0 saturated carbocycles. The quantitative estimate of drug-likeness (QED) is 0.326. The monoisotopic (exact) mass is 268 g/mol. The third-order valence-corrected chi connectivity index (χ3v) is 4.17. The van der Waals surface area contributed by atoms with E-state index < -0.39 is 0 Å². The van der Waals surface area contributed by atoms with Gasteiger partial charge in [0.1, 0.15) is 0 Å². The lowest BCUT2D eigenvalue weighted by molar-refractivity contribution is 0.428. The Hall–Kier alpha value is -0.0400. The Kier molecular flexibility index (Phi) is 14.3. The van der Waals surface area contributed by atoms with Crippen LogP contribution in [-0.4, -0.2) is 6.04 Å². The summed E-state index contributed by atoms with van der Waals surface area (Å²) in [6.07, 6.45) is 18.0. The van der Waals surface area contributed by atoms with Crippen LogP contribution < -0.4 is 5.73 Å². The summed E-state index contributed by atoms with van der Waals surface area (Å²) in [5.41, 5.74) is 7.87. The van der Waals surface area contributed by atoms with E-state index in [-0.39, 0.29) is 6.04 Å². The van der Waals surface area contributed by atoms with Crippen molar-refractivity contribution >= 4 is 0 Å². The average molecular weight is 269 g/mol. The van der Waals surface area contributed by atoms with Gasteiger partial charge in [-0.2, -0.15) is 0 Å². The van der Waals surface area contributed by atoms with Crippen LogP contribution >= 0.6 is 0 Å². The highest BCUT2D eigenvalue weighted by molar-refractivity contribution is 4.64. The van der Waals surface area contributed by atoms with Gasteiger partial charge in [-0.15, -0.1) is 0 Å². The van der Waals surface area contributed by atoms with Crippen LogP contribution in [0.5, 0.6) is 0 Å². The van der Waals surface area contributed by atoms with Crippen molar-refractivity contribution in [2.24, 2.45) is 5.92 Å². The van der Waals surface area contributed by atoms with E-state index in [1.165, 1.54) is 77.0 Å². The summed E-state index contributed by atoms with van der Waals surface area (Å²) in [4.78, 5) is 0. The molecule has 0 bridgehead atoms. The molecular formula is C18H38N. The van der Waals surface area contributed by atoms with Crippen molar-refractivity contribution in [3.8, 4) is 0 Å². The molecule has 0 rings (SSSR count). The van der Waals surface area contributed by atoms with Crippen molar-refractivity contribution in [1.82, 2.24) is 5.73 Å². The van der Waals surface area contributed by atoms with Crippen LogP contribution in [0.3, 0.4) is 0 Å². The van der Waals surface area contributed by atoms with E-state index in [0.29, 0.717) is 5.92 Å². The first kappa shape index (κ1) is 19.0. The molecule has 1 unspecified atom stereocenters. The Labute approximate surface area is 122 Å². The predicted octanol–water partition coefficient (Wildman–Crippen LogP) is 6.39. The third-order valence-electron chi connectivity index (χ3n) is 4.17. The van der Waals surface area contributed by atoms with Crippen LogP contribution in [0.25, 0.3) is 0 Å². The Morgan fingerprint density at radius 2 is 1.00 bits per heavy atom. The normalized spacial score (nSPS) is 13.1. The number of hydrogen-bond acceptors (Lipinski definition) is 0. The standard InChI is InChI=1S/C18H38N/c1-4-5-6-7-8-9-10-11-12-13-14-15-16-18(19)17(2)3/h17-19H,4-16H2,1-3H3. The molecule has 0 aromatic rings. The van der Waals surface area contributed by atoms with Gasteiger partial charge in [-0.3, -0.25) is 5.73 Å². The van der Waals surface area contributed by atoms with Crippen LogP contribution in [-0.2, 0) is 0 Å². The average Bonchev–Trinajstić information content (AvgIpc) is 2.39. The molecule has 1 radical (unpaired) electrons. The van der Waals surface area contributed by atoms with Gasteiger partial charge >= 0.3 is 0 Å². The largest absolute Gasteiger partial charge is 0.254 e. The number of nitrogens with one attached hydrogen (secondary N) is 1. The smallest absolute Gasteiger partial charge is 0.0236 e. The zero-order chi connectivity index (χ0) is 14.3. The van der Waals surface area contributed by atoms with Crippen LogP contribution in [0.4, 0.5) is 0 Å². The maximum absolute atomic E-state index is 7.87. The molecule has 1 N–H and O–H groups in total. The summed E-state index contributed by atoms with van der Waals surface area (Å²) in [5, 5.41) is 0. The second-order valence-electron chi connectivity index (χ2n) is 6.53. The fraction of sp³-hybridized carbons (Fsp3) is 1.00. The van der Waals surface area contributed by atoms with Crippen molar-refractivity contribution in [2.75, 3.05) is 0 Å². The Morgan fingerprint density at radius 1 is 0.632 bits per heavy atom. The van der Waals surface area contributed by atoms with E-state index in [9.17, 15) is 0 Å². The van der Waals surface area contributed by atoms with Gasteiger partial charge in [0.2, 0.25) is 0 Å². The highest BCUT2D eigenvalue weighted by Gasteiger charge is 2.06. The molecule has 0 aromatic heterocycles. The first-order valence-electron chi connectivity index (χ1n) is 8.89. The molecule has 1 atom stereocenters. The summed E-state index contributed by atoms with van der Waals surface area (Å²) in [6, 6.07) is 0.170. The van der Waals surface area contributed by atoms with Gasteiger partial charge in [-0.25, -0.2) is 0 Å². The zero-order valence-electron chi connectivity index (χ0n) is 13.8. The lowest BCUT2D eigenvalue weighted by Gasteiger charge is -2.13. The summed E-state index contributed by atoms with van der Waals surface area (Å²) in [6.45, 7) is 6.61. The van der Waals surface area contributed by atoms with E-state index >= 15 is 0 Å². The molecule has 0 aliphatic rings. The van der Waals surface area contributed by atoms with E-state index in [0.717, 1.165) is 6.42 Å². The molecule has 115 valence electrons. The van der Waals surface area contributed by atoms with Gasteiger partial charge in [-0.05, 0) is 12.3 Å². The van der Waals surface area contributed by atoms with Crippen LogP contribution in [0.2, 0.25) is 0 Å². The Bertz CT molecular complexity index is 165. The SMILES string of the molecule is CCCCCCCCCCCCCCC([NH])C(C)C. The minimum atomic E-state index is 0.170. The summed E-state index contributed by atoms with van der Waals surface area (Å²) >= 11 is 0. The topological polar surface area (TPSA) is 23.8 Å². The van der Waals surface area contributed by atoms with Gasteiger partial charge < -0.3 is 0 Å². The fourth-order valence-corrected chi connectivity index (χ4v) is 2.54. The van der Waals surface area contributed by atoms with Crippen molar-refractivity contribution in [3.63, 3.8) is 0 Å². The second kappa shape index (κ2) is 14.4. The molecule has 0 saturated heterocycles. The summed E-state index contributed by atoms with van der Waals surface area (Å²) in [7, 11) is 0. The maximum atomic E-state index is 7.87. The van der Waals surface area contributed by atoms with Gasteiger partial charge in [0.05, 0.1) is 0 Å². The lowest BCUT2D eigenvalue weighted by Crippen LogP contribution is -2.16. The minimum absolute atomic E-state index is 0.170. The first-order chi connectivity index (χ1) is 9.18. The Balaban J connectivity index is 3.03. The third kappa shape index (κ3) is 14.2. The molecule has 1 heteroatoms. The first-order valence-corrected chi connectivity index (χ1v) is 8.89. The second-order valence-corrected chi connectivity index (χ2v) is 6.53. The molecule has 0 aliphatic carbocycles.